The van der Waals surface area contributed by atoms with Crippen molar-refractivity contribution in [2.24, 2.45) is 0 Å². The maximum absolute atomic E-state index is 15.1. The number of methoxy groups -OCH3 is 1. The van der Waals surface area contributed by atoms with Gasteiger partial charge >= 0.3 is 6.18 Å². The van der Waals surface area contributed by atoms with Gasteiger partial charge in [0.2, 0.25) is 0 Å². The molecule has 0 saturated heterocycles. The number of anilines is 1. The molecule has 1 unspecified atom stereocenters. The number of hydrogen-bond acceptors (Lipinski definition) is 5. The highest BCUT2D eigenvalue weighted by Gasteiger charge is 2.65. The lowest BCUT2D eigenvalue weighted by Crippen LogP contribution is -2.43. The van der Waals surface area contributed by atoms with E-state index >= 15 is 13.2 Å². The zero-order valence-corrected chi connectivity index (χ0v) is 29.6. The standard InChI is InChI=1S/C42H44F3N3O2/c1-7-9-22-48(23-10-8-2)36-20-18-32(39(26-36)49-6)16-17-33-24-30(4)34(25-29(33)3)19-21-38-37(28-47)40(31(5)27-46)50-41(38,42(43,44)45)35-14-12-11-13-15-35/h11-21,24-26H,7-10,22-23H2,1-6H3/b17-16+,21-19+,40-31+. The minimum absolute atomic E-state index is 0.116. The average Bonchev–Trinajstić information content (AvgIpc) is 3.47. The molecular weight excluding hydrogens is 635 g/mol. The van der Waals surface area contributed by atoms with Crippen molar-refractivity contribution in [3.05, 3.63) is 123 Å². The molecule has 0 amide bonds. The summed E-state index contributed by atoms with van der Waals surface area (Å²) in [5, 5.41) is 19.6. The van der Waals surface area contributed by atoms with E-state index in [0.717, 1.165) is 72.5 Å². The SMILES string of the molecule is CCCCN(CCCC)c1ccc(/C=C/c2cc(C)c(/C=C/C3=C(C#N)C(=C(/C)C#N)/OC3(c3ccccc3)C(F)(F)F)cc2C)c(OC)c1. The number of rotatable bonds is 13. The van der Waals surface area contributed by atoms with Crippen molar-refractivity contribution in [3.63, 3.8) is 0 Å². The van der Waals surface area contributed by atoms with E-state index in [9.17, 15) is 10.5 Å². The summed E-state index contributed by atoms with van der Waals surface area (Å²) >= 11 is 0. The minimum Gasteiger partial charge on any atom is -0.496 e. The summed E-state index contributed by atoms with van der Waals surface area (Å²) in [5.41, 5.74) is 1.48. The normalized spacial score (nSPS) is 17.2. The number of hydrogen-bond donors (Lipinski definition) is 0. The number of unbranched alkanes of at least 4 members (excludes halogenated alkanes) is 2. The van der Waals surface area contributed by atoms with E-state index in [-0.39, 0.29) is 28.0 Å². The van der Waals surface area contributed by atoms with Gasteiger partial charge in [0, 0.05) is 41.5 Å². The highest BCUT2D eigenvalue weighted by molar-refractivity contribution is 5.77. The molecule has 3 aromatic carbocycles. The molecule has 0 fully saturated rings. The van der Waals surface area contributed by atoms with Gasteiger partial charge in [0.05, 0.1) is 18.8 Å². The predicted octanol–water partition coefficient (Wildman–Crippen LogP) is 11.0. The van der Waals surface area contributed by atoms with Gasteiger partial charge in [0.25, 0.3) is 5.60 Å². The Balaban J connectivity index is 1.72. The summed E-state index contributed by atoms with van der Waals surface area (Å²) in [6.45, 7) is 11.6. The first-order valence-electron chi connectivity index (χ1n) is 16.9. The molecule has 50 heavy (non-hydrogen) atoms. The van der Waals surface area contributed by atoms with Crippen molar-refractivity contribution < 1.29 is 22.6 Å². The van der Waals surface area contributed by atoms with Gasteiger partial charge in [0.15, 0.2) is 5.76 Å². The maximum atomic E-state index is 15.1. The first-order chi connectivity index (χ1) is 23.9. The monoisotopic (exact) mass is 679 g/mol. The molecule has 0 spiro atoms. The largest absolute Gasteiger partial charge is 0.496 e. The summed E-state index contributed by atoms with van der Waals surface area (Å²) in [4.78, 5) is 2.41. The number of nitriles is 2. The van der Waals surface area contributed by atoms with Crippen LogP contribution in [0.15, 0.2) is 89.2 Å². The number of halogens is 3. The lowest BCUT2D eigenvalue weighted by atomic mass is 9.83. The quantitative estimate of drug-likeness (QED) is 0.133. The van der Waals surface area contributed by atoms with Gasteiger partial charge < -0.3 is 14.4 Å². The molecule has 1 atom stereocenters. The zero-order valence-electron chi connectivity index (χ0n) is 29.6. The van der Waals surface area contributed by atoms with Crippen molar-refractivity contribution in [3.8, 4) is 17.9 Å². The minimum atomic E-state index is -4.95. The van der Waals surface area contributed by atoms with Crippen LogP contribution in [0.3, 0.4) is 0 Å². The summed E-state index contributed by atoms with van der Waals surface area (Å²) in [7, 11) is 1.67. The third-order valence-corrected chi connectivity index (χ3v) is 9.00. The second-order valence-electron chi connectivity index (χ2n) is 12.5. The summed E-state index contributed by atoms with van der Waals surface area (Å²) in [5.74, 6) is 0.403. The second kappa shape index (κ2) is 16.5. The Kier molecular flexibility index (Phi) is 12.4. The van der Waals surface area contributed by atoms with E-state index in [1.807, 2.05) is 50.3 Å². The van der Waals surface area contributed by atoms with Crippen molar-refractivity contribution in [2.45, 2.75) is 72.1 Å². The molecule has 260 valence electrons. The number of aryl methyl sites for hydroxylation is 2. The van der Waals surface area contributed by atoms with Gasteiger partial charge in [-0.2, -0.15) is 23.7 Å². The van der Waals surface area contributed by atoms with Crippen molar-refractivity contribution >= 4 is 23.9 Å². The van der Waals surface area contributed by atoms with Gasteiger partial charge in [-0.05, 0) is 68.0 Å². The predicted molar refractivity (Wildman–Crippen MR) is 195 cm³/mol. The van der Waals surface area contributed by atoms with Crippen LogP contribution >= 0.6 is 0 Å². The molecular formula is C42H44F3N3O2. The maximum Gasteiger partial charge on any atom is 0.437 e. The van der Waals surface area contributed by atoms with Crippen molar-refractivity contribution in [2.75, 3.05) is 25.1 Å². The molecule has 3 aromatic rings. The summed E-state index contributed by atoms with van der Waals surface area (Å²) in [6, 6.07) is 21.1. The fourth-order valence-corrected chi connectivity index (χ4v) is 6.12. The number of allylic oxidation sites excluding steroid dienone is 2. The van der Waals surface area contributed by atoms with Crippen LogP contribution < -0.4 is 9.64 Å². The summed E-state index contributed by atoms with van der Waals surface area (Å²) < 4.78 is 56.8. The number of benzene rings is 3. The average molecular weight is 680 g/mol. The van der Waals surface area contributed by atoms with Gasteiger partial charge in [-0.3, -0.25) is 0 Å². The van der Waals surface area contributed by atoms with Crippen LogP contribution in [-0.2, 0) is 10.3 Å². The molecule has 4 rings (SSSR count). The Morgan fingerprint density at radius 3 is 1.96 bits per heavy atom. The van der Waals surface area contributed by atoms with Crippen LogP contribution in [0, 0.1) is 36.5 Å². The third-order valence-electron chi connectivity index (χ3n) is 9.00. The molecule has 0 saturated carbocycles. The highest BCUT2D eigenvalue weighted by atomic mass is 19.4. The first kappa shape index (κ1) is 37.6. The van der Waals surface area contributed by atoms with E-state index in [0.29, 0.717) is 5.56 Å². The molecule has 5 nitrogen and oxygen atoms in total. The Bertz CT molecular complexity index is 1880. The van der Waals surface area contributed by atoms with Gasteiger partial charge in [-0.15, -0.1) is 0 Å². The Morgan fingerprint density at radius 1 is 0.860 bits per heavy atom. The Morgan fingerprint density at radius 2 is 1.44 bits per heavy atom. The van der Waals surface area contributed by atoms with Crippen LogP contribution in [0.1, 0.15) is 79.8 Å². The topological polar surface area (TPSA) is 69.3 Å². The molecule has 1 aliphatic heterocycles. The van der Waals surface area contributed by atoms with Crippen LogP contribution in [0.4, 0.5) is 18.9 Å². The fraction of sp³-hybridized carbons (Fsp3) is 0.333. The van der Waals surface area contributed by atoms with E-state index < -0.39 is 11.8 Å². The Hall–Kier alpha value is -5.21. The Labute approximate surface area is 294 Å². The first-order valence-corrected chi connectivity index (χ1v) is 16.9. The molecule has 0 aromatic heterocycles. The highest BCUT2D eigenvalue weighted by Crippen LogP contribution is 2.56. The van der Waals surface area contributed by atoms with Crippen LogP contribution in [0.2, 0.25) is 0 Å². The van der Waals surface area contributed by atoms with Gasteiger partial charge in [-0.25, -0.2) is 0 Å². The van der Waals surface area contributed by atoms with Gasteiger partial charge in [-0.1, -0.05) is 93.5 Å². The fourth-order valence-electron chi connectivity index (χ4n) is 6.12. The molecule has 8 heteroatoms. The molecule has 0 aliphatic carbocycles. The molecule has 1 heterocycles. The van der Waals surface area contributed by atoms with E-state index in [1.165, 1.54) is 37.3 Å². The number of nitrogens with zero attached hydrogens (tertiary/aromatic N) is 3. The van der Waals surface area contributed by atoms with Crippen LogP contribution in [0.25, 0.3) is 18.2 Å². The van der Waals surface area contributed by atoms with E-state index in [1.54, 1.807) is 19.3 Å². The summed E-state index contributed by atoms with van der Waals surface area (Å²) in [6.07, 6.45) is 6.43. The van der Waals surface area contributed by atoms with Crippen LogP contribution in [-0.4, -0.2) is 26.4 Å². The molecule has 1 aliphatic rings. The lowest BCUT2D eigenvalue weighted by Gasteiger charge is -2.33. The smallest absolute Gasteiger partial charge is 0.437 e. The van der Waals surface area contributed by atoms with Crippen molar-refractivity contribution in [1.82, 2.24) is 0 Å². The molecule has 0 radical (unpaired) electrons. The van der Waals surface area contributed by atoms with Crippen molar-refractivity contribution in [1.29, 1.82) is 10.5 Å². The zero-order chi connectivity index (χ0) is 36.5. The number of alkyl halides is 3. The molecule has 0 bridgehead atoms. The molecule has 0 N–H and O–H groups in total. The van der Waals surface area contributed by atoms with Crippen LogP contribution in [0.5, 0.6) is 5.75 Å². The lowest BCUT2D eigenvalue weighted by molar-refractivity contribution is -0.249. The number of ether oxygens (including phenoxy) is 2. The van der Waals surface area contributed by atoms with Gasteiger partial charge in [0.1, 0.15) is 17.4 Å². The van der Waals surface area contributed by atoms with E-state index in [2.05, 4.69) is 36.9 Å². The second-order valence-corrected chi connectivity index (χ2v) is 12.5. The third kappa shape index (κ3) is 7.81. The van der Waals surface area contributed by atoms with E-state index in [4.69, 9.17) is 9.47 Å².